The lowest BCUT2D eigenvalue weighted by molar-refractivity contribution is 0.0291. The third kappa shape index (κ3) is 1.23. The van der Waals surface area contributed by atoms with Crippen LogP contribution in [0.1, 0.15) is 13.3 Å². The molecule has 15 heavy (non-hydrogen) atoms. The van der Waals surface area contributed by atoms with Crippen molar-refractivity contribution >= 4 is 10.0 Å². The Balaban J connectivity index is 1.88. The van der Waals surface area contributed by atoms with Gasteiger partial charge in [-0.3, -0.25) is 0 Å². The number of hydrogen-bond acceptors (Lipinski definition) is 3. The molecule has 0 aromatic carbocycles. The Hall–Kier alpha value is -0.390. The van der Waals surface area contributed by atoms with Crippen molar-refractivity contribution in [3.05, 3.63) is 12.2 Å². The van der Waals surface area contributed by atoms with Gasteiger partial charge in [-0.1, -0.05) is 12.2 Å². The Bertz CT molecular complexity index is 416. The summed E-state index contributed by atoms with van der Waals surface area (Å²) in [6.07, 6.45) is 5.35. The Labute approximate surface area is 90.0 Å². The van der Waals surface area contributed by atoms with Crippen LogP contribution in [0.15, 0.2) is 12.2 Å². The van der Waals surface area contributed by atoms with Gasteiger partial charge in [-0.25, -0.2) is 8.42 Å². The van der Waals surface area contributed by atoms with Crippen LogP contribution < -0.4 is 0 Å². The quantitative estimate of drug-likeness (QED) is 0.643. The molecule has 0 N–H and O–H groups in total. The average molecular weight is 229 g/mol. The third-order valence-corrected chi connectivity index (χ3v) is 5.57. The third-order valence-electron chi connectivity index (χ3n) is 3.78. The standard InChI is InChI=1S/C10H15NO3S/c1-2-15(12,13)11-6-8-5-9-3-4-10(8,7-11)14-9/h3-4,8-9H,2,5-7H2,1H3/t8-,9+,10+/m1/s1. The largest absolute Gasteiger partial charge is 0.362 e. The molecule has 0 saturated carbocycles. The zero-order valence-electron chi connectivity index (χ0n) is 8.72. The summed E-state index contributed by atoms with van der Waals surface area (Å²) in [7, 11) is -3.05. The van der Waals surface area contributed by atoms with Gasteiger partial charge in [0.2, 0.25) is 10.0 Å². The van der Waals surface area contributed by atoms with Crippen molar-refractivity contribution in [2.24, 2.45) is 5.92 Å². The molecule has 0 radical (unpaired) electrons. The number of rotatable bonds is 2. The highest BCUT2D eigenvalue weighted by atomic mass is 32.2. The van der Waals surface area contributed by atoms with Gasteiger partial charge in [0.05, 0.1) is 11.9 Å². The molecule has 2 bridgehead atoms. The van der Waals surface area contributed by atoms with E-state index < -0.39 is 10.0 Å². The zero-order valence-corrected chi connectivity index (χ0v) is 9.53. The second kappa shape index (κ2) is 2.84. The van der Waals surface area contributed by atoms with E-state index in [1.807, 2.05) is 0 Å². The Morgan fingerprint density at radius 1 is 1.60 bits per heavy atom. The zero-order chi connectivity index (χ0) is 10.7. The molecule has 1 spiro atoms. The Morgan fingerprint density at radius 3 is 3.00 bits per heavy atom. The maximum Gasteiger partial charge on any atom is 0.213 e. The minimum Gasteiger partial charge on any atom is -0.362 e. The van der Waals surface area contributed by atoms with Crippen LogP contribution in [-0.2, 0) is 14.8 Å². The fraction of sp³-hybridized carbons (Fsp3) is 0.800. The fourth-order valence-electron chi connectivity index (χ4n) is 2.90. The van der Waals surface area contributed by atoms with Gasteiger partial charge < -0.3 is 4.74 Å². The molecule has 0 unspecified atom stereocenters. The molecule has 3 rings (SSSR count). The molecule has 2 fully saturated rings. The molecule has 3 aliphatic rings. The molecule has 3 atom stereocenters. The molecule has 4 nitrogen and oxygen atoms in total. The van der Waals surface area contributed by atoms with Crippen molar-refractivity contribution in [2.75, 3.05) is 18.8 Å². The maximum atomic E-state index is 11.8. The molecule has 0 aromatic rings. The predicted octanol–water partition coefficient (Wildman–Crippen LogP) is 0.365. The van der Waals surface area contributed by atoms with E-state index in [-0.39, 0.29) is 17.5 Å². The topological polar surface area (TPSA) is 46.6 Å². The normalized spacial score (nSPS) is 43.8. The van der Waals surface area contributed by atoms with E-state index in [1.165, 1.54) is 0 Å². The summed E-state index contributed by atoms with van der Waals surface area (Å²) in [5.41, 5.74) is -0.285. The van der Waals surface area contributed by atoms with Crippen LogP contribution in [0.5, 0.6) is 0 Å². The predicted molar refractivity (Wildman–Crippen MR) is 55.9 cm³/mol. The molecule has 84 valence electrons. The van der Waals surface area contributed by atoms with E-state index in [1.54, 1.807) is 11.2 Å². The maximum absolute atomic E-state index is 11.8. The average Bonchev–Trinajstić information content (AvgIpc) is 2.82. The van der Waals surface area contributed by atoms with E-state index in [4.69, 9.17) is 4.74 Å². The van der Waals surface area contributed by atoms with Crippen LogP contribution in [0.4, 0.5) is 0 Å². The second-order valence-electron chi connectivity index (χ2n) is 4.60. The van der Waals surface area contributed by atoms with Gasteiger partial charge in [0.15, 0.2) is 0 Å². The summed E-state index contributed by atoms with van der Waals surface area (Å²) in [4.78, 5) is 0. The highest BCUT2D eigenvalue weighted by molar-refractivity contribution is 7.89. The molecule has 3 heterocycles. The lowest BCUT2D eigenvalue weighted by Gasteiger charge is -2.21. The van der Waals surface area contributed by atoms with Crippen molar-refractivity contribution in [3.8, 4) is 0 Å². The molecule has 0 amide bonds. The Morgan fingerprint density at radius 2 is 2.40 bits per heavy atom. The van der Waals surface area contributed by atoms with E-state index in [2.05, 4.69) is 12.2 Å². The van der Waals surface area contributed by atoms with Crippen molar-refractivity contribution < 1.29 is 13.2 Å². The van der Waals surface area contributed by atoms with Gasteiger partial charge in [-0.2, -0.15) is 4.31 Å². The summed E-state index contributed by atoms with van der Waals surface area (Å²) < 4.78 is 30.9. The van der Waals surface area contributed by atoms with Gasteiger partial charge in [0.25, 0.3) is 0 Å². The number of nitrogens with zero attached hydrogens (tertiary/aromatic N) is 1. The number of fused-ring (bicyclic) bond motifs is 1. The van der Waals surface area contributed by atoms with Crippen molar-refractivity contribution in [3.63, 3.8) is 0 Å². The molecule has 5 heteroatoms. The van der Waals surface area contributed by atoms with Crippen molar-refractivity contribution in [2.45, 2.75) is 25.0 Å². The minimum absolute atomic E-state index is 0.183. The molecular formula is C10H15NO3S. The Kier molecular flexibility index (Phi) is 1.86. The lowest BCUT2D eigenvalue weighted by atomic mass is 9.86. The van der Waals surface area contributed by atoms with Gasteiger partial charge >= 0.3 is 0 Å². The minimum atomic E-state index is -3.05. The van der Waals surface area contributed by atoms with E-state index >= 15 is 0 Å². The van der Waals surface area contributed by atoms with Gasteiger partial charge in [0, 0.05) is 19.0 Å². The van der Waals surface area contributed by atoms with Crippen LogP contribution in [0, 0.1) is 5.92 Å². The lowest BCUT2D eigenvalue weighted by Crippen LogP contribution is -2.36. The fourth-order valence-corrected chi connectivity index (χ4v) is 4.07. The summed E-state index contributed by atoms with van der Waals surface area (Å²) in [5, 5.41) is 0. The second-order valence-corrected chi connectivity index (χ2v) is 6.85. The van der Waals surface area contributed by atoms with Crippen LogP contribution in [0.3, 0.4) is 0 Å². The molecular weight excluding hydrogens is 214 g/mol. The first-order chi connectivity index (χ1) is 7.06. The van der Waals surface area contributed by atoms with E-state index in [0.29, 0.717) is 19.0 Å². The van der Waals surface area contributed by atoms with E-state index in [0.717, 1.165) is 6.42 Å². The van der Waals surface area contributed by atoms with E-state index in [9.17, 15) is 8.42 Å². The molecule has 3 aliphatic heterocycles. The smallest absolute Gasteiger partial charge is 0.213 e. The molecule has 2 saturated heterocycles. The number of hydrogen-bond donors (Lipinski definition) is 0. The SMILES string of the molecule is CCS(=O)(=O)N1C[C@H]2C[C@@H]3C=C[C@@]2(C1)O3. The summed E-state index contributed by atoms with van der Waals surface area (Å²) in [6, 6.07) is 0. The van der Waals surface area contributed by atoms with Crippen LogP contribution in [0.2, 0.25) is 0 Å². The first-order valence-electron chi connectivity index (χ1n) is 5.41. The van der Waals surface area contributed by atoms with Gasteiger partial charge in [-0.15, -0.1) is 0 Å². The first-order valence-corrected chi connectivity index (χ1v) is 7.02. The van der Waals surface area contributed by atoms with Crippen molar-refractivity contribution in [1.29, 1.82) is 0 Å². The summed E-state index contributed by atoms with van der Waals surface area (Å²) in [6.45, 7) is 2.84. The summed E-state index contributed by atoms with van der Waals surface area (Å²) >= 11 is 0. The monoisotopic (exact) mass is 229 g/mol. The van der Waals surface area contributed by atoms with Crippen LogP contribution >= 0.6 is 0 Å². The van der Waals surface area contributed by atoms with Crippen LogP contribution in [0.25, 0.3) is 0 Å². The molecule has 0 aromatic heterocycles. The van der Waals surface area contributed by atoms with Gasteiger partial charge in [-0.05, 0) is 13.3 Å². The number of sulfonamides is 1. The highest BCUT2D eigenvalue weighted by Crippen LogP contribution is 2.48. The van der Waals surface area contributed by atoms with Crippen LogP contribution in [-0.4, -0.2) is 43.3 Å². The van der Waals surface area contributed by atoms with Crippen molar-refractivity contribution in [1.82, 2.24) is 4.31 Å². The first kappa shape index (κ1) is 9.81. The van der Waals surface area contributed by atoms with Gasteiger partial charge in [0.1, 0.15) is 5.60 Å². The number of ether oxygens (including phenoxy) is 1. The molecule has 0 aliphatic carbocycles. The summed E-state index contributed by atoms with van der Waals surface area (Å²) in [5.74, 6) is 0.553. The highest BCUT2D eigenvalue weighted by Gasteiger charge is 2.57.